The number of carbonyl (C=O) groups is 4. The van der Waals surface area contributed by atoms with Gasteiger partial charge in [0.1, 0.15) is 0 Å². The van der Waals surface area contributed by atoms with Crippen LogP contribution in [0.3, 0.4) is 0 Å². The van der Waals surface area contributed by atoms with E-state index < -0.39 is 29.3 Å². The summed E-state index contributed by atoms with van der Waals surface area (Å²) in [5, 5.41) is 67.6. The molecule has 0 aliphatic carbocycles. The number of aliphatic hydroxyl groups excluding tert-OH is 3. The first-order valence-corrected chi connectivity index (χ1v) is 8.07. The Morgan fingerprint density at radius 3 is 0.812 bits per heavy atom. The Bertz CT molecular complexity index is 503. The Hall–Kier alpha value is -3.90. The van der Waals surface area contributed by atoms with Crippen LogP contribution in [0.25, 0.3) is 0 Å². The van der Waals surface area contributed by atoms with Gasteiger partial charge >= 0.3 is 23.9 Å². The van der Waals surface area contributed by atoms with Gasteiger partial charge in [0.2, 0.25) is 0 Å². The zero-order valence-electron chi connectivity index (χ0n) is 17.7. The summed E-state index contributed by atoms with van der Waals surface area (Å²) >= 11 is 0. The van der Waals surface area contributed by atoms with Crippen LogP contribution in [0.1, 0.15) is 13.3 Å². The van der Waals surface area contributed by atoms with Crippen molar-refractivity contribution in [3.8, 4) is 0 Å². The number of aliphatic carboxylic acids is 4. The van der Waals surface area contributed by atoms with Crippen molar-refractivity contribution in [2.75, 3.05) is 19.8 Å². The third-order valence-electron chi connectivity index (χ3n) is 2.45. The summed E-state index contributed by atoms with van der Waals surface area (Å²) in [6, 6.07) is 1.25. The molecule has 0 aliphatic heterocycles. The van der Waals surface area contributed by atoms with Crippen LogP contribution in [0.2, 0.25) is 0 Å². The molecule has 0 aromatic heterocycles. The second-order valence-corrected chi connectivity index (χ2v) is 4.62. The van der Waals surface area contributed by atoms with Crippen LogP contribution in [-0.4, -0.2) is 85.5 Å². The van der Waals surface area contributed by atoms with Crippen molar-refractivity contribution in [1.29, 1.82) is 10.8 Å². The van der Waals surface area contributed by atoms with Gasteiger partial charge in [-0.2, -0.15) is 0 Å². The van der Waals surface area contributed by atoms with Crippen LogP contribution in [0.15, 0.2) is 50.6 Å². The largest absolute Gasteiger partial charge is 0.478 e. The fraction of sp³-hybridized carbons (Fsp3) is 0.316. The van der Waals surface area contributed by atoms with Crippen molar-refractivity contribution in [2.24, 2.45) is 5.41 Å². The van der Waals surface area contributed by atoms with Crippen molar-refractivity contribution in [1.82, 2.24) is 0 Å². The number of nitrogens with one attached hydrogen (secondary N) is 2. The van der Waals surface area contributed by atoms with E-state index in [4.69, 9.17) is 46.6 Å². The number of aliphatic hydroxyl groups is 3. The fourth-order valence-electron chi connectivity index (χ4n) is 0.485. The summed E-state index contributed by atoms with van der Waals surface area (Å²) in [5.41, 5.74) is -0.667. The third-order valence-corrected chi connectivity index (χ3v) is 2.45. The zero-order chi connectivity index (χ0) is 27.2. The minimum atomic E-state index is -0.981. The van der Waals surface area contributed by atoms with Crippen molar-refractivity contribution < 1.29 is 54.9 Å². The van der Waals surface area contributed by atoms with E-state index in [1.807, 2.05) is 6.92 Å². The predicted molar refractivity (Wildman–Crippen MR) is 116 cm³/mol. The molecule has 0 spiro atoms. The molecule has 0 bridgehead atoms. The maximum atomic E-state index is 9.25. The zero-order valence-corrected chi connectivity index (χ0v) is 17.7. The molecule has 0 amide bonds. The van der Waals surface area contributed by atoms with Gasteiger partial charge in [-0.25, -0.2) is 30.0 Å². The second-order valence-electron chi connectivity index (χ2n) is 4.62. The minimum Gasteiger partial charge on any atom is -0.478 e. The molecule has 0 aromatic carbocycles. The smallest absolute Gasteiger partial charge is 0.327 e. The van der Waals surface area contributed by atoms with E-state index in [-0.39, 0.29) is 19.8 Å². The molecule has 0 aliphatic rings. The van der Waals surface area contributed by atoms with Crippen molar-refractivity contribution in [2.45, 2.75) is 13.3 Å². The summed E-state index contributed by atoms with van der Waals surface area (Å²) < 4.78 is 0. The highest BCUT2D eigenvalue weighted by atomic mass is 16.4. The first-order valence-electron chi connectivity index (χ1n) is 8.07. The van der Waals surface area contributed by atoms with Gasteiger partial charge in [0, 0.05) is 29.7 Å². The van der Waals surface area contributed by atoms with Crippen LogP contribution in [-0.2, 0) is 19.2 Å². The summed E-state index contributed by atoms with van der Waals surface area (Å²) in [6.07, 6.45) is 3.93. The van der Waals surface area contributed by atoms with E-state index >= 15 is 0 Å². The Balaban J connectivity index is -0.0000000656. The van der Waals surface area contributed by atoms with E-state index in [0.717, 1.165) is 24.3 Å². The van der Waals surface area contributed by atoms with Gasteiger partial charge in [0.15, 0.2) is 0 Å². The van der Waals surface area contributed by atoms with Crippen molar-refractivity contribution in [3.05, 3.63) is 50.6 Å². The summed E-state index contributed by atoms with van der Waals surface area (Å²) in [6.45, 7) is 13.2. The van der Waals surface area contributed by atoms with Crippen molar-refractivity contribution >= 4 is 29.9 Å². The molecular weight excluding hydrogens is 432 g/mol. The van der Waals surface area contributed by atoms with Gasteiger partial charge in [-0.1, -0.05) is 33.2 Å². The van der Waals surface area contributed by atoms with Crippen LogP contribution >= 0.6 is 0 Å². The highest BCUT2D eigenvalue weighted by Gasteiger charge is 2.24. The highest BCUT2D eigenvalue weighted by molar-refractivity contribution is 5.79. The average Bonchev–Trinajstić information content (AvgIpc) is 2.77. The Morgan fingerprint density at radius 2 is 0.812 bits per heavy atom. The van der Waals surface area contributed by atoms with E-state index in [1.54, 1.807) is 0 Å². The Kier molecular flexibility index (Phi) is 45.7. The summed E-state index contributed by atoms with van der Waals surface area (Å²) in [7, 11) is 0. The monoisotopic (exact) mass is 464 g/mol. The molecule has 13 nitrogen and oxygen atoms in total. The molecule has 0 rings (SSSR count). The van der Waals surface area contributed by atoms with E-state index in [2.05, 4.69) is 26.3 Å². The normalized spacial score (nSPS) is 7.62. The molecule has 9 N–H and O–H groups in total. The molecule has 184 valence electrons. The van der Waals surface area contributed by atoms with E-state index in [0.29, 0.717) is 6.42 Å². The second kappa shape index (κ2) is 34.6. The lowest BCUT2D eigenvalue weighted by Gasteiger charge is -2.24. The lowest BCUT2D eigenvalue weighted by molar-refractivity contribution is -0.132. The lowest BCUT2D eigenvalue weighted by atomic mass is 9.88. The first-order chi connectivity index (χ1) is 14.7. The van der Waals surface area contributed by atoms with Crippen LogP contribution in [0, 0.1) is 16.2 Å². The number of hydrogen-bond acceptors (Lipinski definition) is 9. The maximum absolute atomic E-state index is 9.25. The predicted octanol–water partition coefficient (Wildman–Crippen LogP) is 0.706. The third kappa shape index (κ3) is 63.4. The number of carboxylic acids is 4. The van der Waals surface area contributed by atoms with Crippen LogP contribution in [0.5, 0.6) is 0 Å². The van der Waals surface area contributed by atoms with Gasteiger partial charge in [-0.05, 0) is 6.42 Å². The molecule has 0 unspecified atom stereocenters. The van der Waals surface area contributed by atoms with E-state index in [9.17, 15) is 19.2 Å². The van der Waals surface area contributed by atoms with Gasteiger partial charge in [-0.15, -0.1) is 0 Å². The SMILES string of the molecule is C=CC(=O)O.C=CC(=O)O.C=CC(=O)O.C=CC(=O)O.CCC(CO)(CO)CO.N=C=N. The fourth-order valence-corrected chi connectivity index (χ4v) is 0.485. The topological polar surface area (TPSA) is 258 Å². The molecule has 0 radical (unpaired) electrons. The number of carboxylic acid groups (broad SMARTS) is 4. The quantitative estimate of drug-likeness (QED) is 0.178. The Labute approximate surface area is 185 Å². The maximum Gasteiger partial charge on any atom is 0.327 e. The minimum absolute atomic E-state index is 0.156. The molecule has 0 heterocycles. The summed E-state index contributed by atoms with van der Waals surface area (Å²) in [5.74, 6) is -3.93. The number of hydrogen-bond donors (Lipinski definition) is 9. The molecule has 0 fully saturated rings. The lowest BCUT2D eigenvalue weighted by Crippen LogP contribution is -2.32. The average molecular weight is 464 g/mol. The molecular formula is C19H32N2O11. The van der Waals surface area contributed by atoms with Gasteiger partial charge in [-0.3, -0.25) is 0 Å². The van der Waals surface area contributed by atoms with E-state index in [1.165, 1.54) is 6.01 Å². The van der Waals surface area contributed by atoms with Gasteiger partial charge in [0.05, 0.1) is 25.8 Å². The molecule has 0 atom stereocenters. The Morgan fingerprint density at radius 1 is 0.688 bits per heavy atom. The number of rotatable bonds is 8. The summed E-state index contributed by atoms with van der Waals surface area (Å²) in [4.78, 5) is 37.0. The molecule has 0 aromatic rings. The highest BCUT2D eigenvalue weighted by Crippen LogP contribution is 2.18. The van der Waals surface area contributed by atoms with Crippen molar-refractivity contribution in [3.63, 3.8) is 0 Å². The molecule has 0 saturated heterocycles. The molecule has 0 saturated carbocycles. The molecule has 32 heavy (non-hydrogen) atoms. The van der Waals surface area contributed by atoms with Gasteiger partial charge < -0.3 is 35.7 Å². The van der Waals surface area contributed by atoms with Crippen LogP contribution in [0.4, 0.5) is 0 Å². The standard InChI is InChI=1S/C6H14O3.4C3H4O2.CH2N2/c1-2-6(3-7,4-8)5-9;4*1-2-3(4)5;2-1-3/h7-9H,2-5H2,1H3;4*2H,1H2,(H,4,5);2-3H. The first kappa shape index (κ1) is 42.3. The molecule has 13 heteroatoms. The van der Waals surface area contributed by atoms with Gasteiger partial charge in [0.25, 0.3) is 0 Å². The van der Waals surface area contributed by atoms with Crippen LogP contribution < -0.4 is 0 Å².